The molecule has 0 bridgehead atoms. The number of nitrogens with one attached hydrogen (secondary N) is 2. The number of urea groups is 1. The smallest absolute Gasteiger partial charge is 0.315 e. The highest BCUT2D eigenvalue weighted by atomic mass is 19.1. The molecule has 2 N–H and O–H groups in total. The topological polar surface area (TPSA) is 68.2 Å². The van der Waals surface area contributed by atoms with Gasteiger partial charge < -0.3 is 19.9 Å². The van der Waals surface area contributed by atoms with Crippen LogP contribution in [-0.2, 0) is 24.4 Å². The maximum absolute atomic E-state index is 13.2. The van der Waals surface area contributed by atoms with E-state index in [1.54, 1.807) is 18.3 Å². The molecule has 2 aromatic carbocycles. The van der Waals surface area contributed by atoms with Gasteiger partial charge in [-0.3, -0.25) is 0 Å². The van der Waals surface area contributed by atoms with Crippen molar-refractivity contribution < 1.29 is 13.9 Å². The molecular formula is C21H21FN4O2. The maximum Gasteiger partial charge on any atom is 0.315 e. The molecule has 1 aliphatic heterocycles. The first-order valence-electron chi connectivity index (χ1n) is 9.16. The van der Waals surface area contributed by atoms with Gasteiger partial charge in [-0.05, 0) is 35.4 Å². The molecule has 1 aromatic heterocycles. The Morgan fingerprint density at radius 2 is 1.93 bits per heavy atom. The second-order valence-corrected chi connectivity index (χ2v) is 6.66. The zero-order chi connectivity index (χ0) is 19.3. The molecule has 144 valence electrons. The maximum atomic E-state index is 13.2. The third kappa shape index (κ3) is 4.20. The van der Waals surface area contributed by atoms with E-state index in [1.807, 2.05) is 30.3 Å². The number of carbonyl (C=O) groups excluding carboxylic acids is 1. The third-order valence-electron chi connectivity index (χ3n) is 4.70. The predicted molar refractivity (Wildman–Crippen MR) is 103 cm³/mol. The third-order valence-corrected chi connectivity index (χ3v) is 4.70. The first kappa shape index (κ1) is 18.2. The Labute approximate surface area is 162 Å². The van der Waals surface area contributed by atoms with Gasteiger partial charge in [0.25, 0.3) is 0 Å². The van der Waals surface area contributed by atoms with E-state index in [0.29, 0.717) is 26.2 Å². The van der Waals surface area contributed by atoms with Gasteiger partial charge in [0.2, 0.25) is 0 Å². The molecule has 2 amide bonds. The SMILES string of the molecule is O=C(NCc1ccccc1)NCC1Cn2c(-c3ccc(F)cc3)cnc2CO1. The Kier molecular flexibility index (Phi) is 5.34. The Morgan fingerprint density at radius 1 is 1.14 bits per heavy atom. The van der Waals surface area contributed by atoms with E-state index in [2.05, 4.69) is 20.2 Å². The summed E-state index contributed by atoms with van der Waals surface area (Å²) in [5.41, 5.74) is 2.85. The van der Waals surface area contributed by atoms with Crippen molar-refractivity contribution in [2.45, 2.75) is 25.8 Å². The molecule has 4 rings (SSSR count). The molecule has 0 fully saturated rings. The van der Waals surface area contributed by atoms with Gasteiger partial charge in [0.05, 0.1) is 24.5 Å². The number of hydrogen-bond acceptors (Lipinski definition) is 3. The van der Waals surface area contributed by atoms with E-state index in [9.17, 15) is 9.18 Å². The second kappa shape index (κ2) is 8.22. The largest absolute Gasteiger partial charge is 0.367 e. The highest BCUT2D eigenvalue weighted by Gasteiger charge is 2.23. The Morgan fingerprint density at radius 3 is 2.71 bits per heavy atom. The van der Waals surface area contributed by atoms with Crippen molar-refractivity contribution in [3.05, 3.63) is 78.0 Å². The zero-order valence-electron chi connectivity index (χ0n) is 15.3. The summed E-state index contributed by atoms with van der Waals surface area (Å²) >= 11 is 0. The van der Waals surface area contributed by atoms with Crippen LogP contribution in [0.1, 0.15) is 11.4 Å². The van der Waals surface area contributed by atoms with Crippen LogP contribution in [0, 0.1) is 5.82 Å². The van der Waals surface area contributed by atoms with Crippen molar-refractivity contribution >= 4 is 6.03 Å². The minimum Gasteiger partial charge on any atom is -0.367 e. The molecule has 0 saturated carbocycles. The van der Waals surface area contributed by atoms with Crippen molar-refractivity contribution in [1.29, 1.82) is 0 Å². The first-order valence-corrected chi connectivity index (χ1v) is 9.16. The molecule has 0 radical (unpaired) electrons. The molecule has 0 aliphatic carbocycles. The number of aromatic nitrogens is 2. The molecule has 1 aliphatic rings. The molecule has 1 atom stereocenters. The van der Waals surface area contributed by atoms with Crippen LogP contribution in [0.3, 0.4) is 0 Å². The highest BCUT2D eigenvalue weighted by Crippen LogP contribution is 2.25. The minimum atomic E-state index is -0.269. The summed E-state index contributed by atoms with van der Waals surface area (Å²) in [6.45, 7) is 1.81. The predicted octanol–water partition coefficient (Wildman–Crippen LogP) is 3.09. The van der Waals surface area contributed by atoms with Crippen LogP contribution in [0.4, 0.5) is 9.18 Å². The van der Waals surface area contributed by atoms with Crippen LogP contribution in [0.15, 0.2) is 60.8 Å². The summed E-state index contributed by atoms with van der Waals surface area (Å²) < 4.78 is 21.0. The number of rotatable bonds is 5. The van der Waals surface area contributed by atoms with E-state index in [0.717, 1.165) is 22.6 Å². The van der Waals surface area contributed by atoms with Crippen LogP contribution in [-0.4, -0.2) is 28.2 Å². The number of halogens is 1. The van der Waals surface area contributed by atoms with Crippen LogP contribution in [0.5, 0.6) is 0 Å². The number of fused-ring (bicyclic) bond motifs is 1. The molecule has 0 saturated heterocycles. The van der Waals surface area contributed by atoms with Gasteiger partial charge >= 0.3 is 6.03 Å². The lowest BCUT2D eigenvalue weighted by Crippen LogP contribution is -2.43. The summed E-state index contributed by atoms with van der Waals surface area (Å²) in [5, 5.41) is 5.69. The lowest BCUT2D eigenvalue weighted by Gasteiger charge is -2.26. The molecule has 6 nitrogen and oxygen atoms in total. The number of benzene rings is 2. The summed E-state index contributed by atoms with van der Waals surface area (Å²) in [4.78, 5) is 16.4. The Hall–Kier alpha value is -3.19. The average Bonchev–Trinajstić information content (AvgIpc) is 3.15. The molecular weight excluding hydrogens is 359 g/mol. The summed E-state index contributed by atoms with van der Waals surface area (Å²) in [7, 11) is 0. The quantitative estimate of drug-likeness (QED) is 0.715. The van der Waals surface area contributed by atoms with Gasteiger partial charge in [0, 0.05) is 13.1 Å². The first-order chi connectivity index (χ1) is 13.7. The van der Waals surface area contributed by atoms with E-state index in [1.165, 1.54) is 12.1 Å². The lowest BCUT2D eigenvalue weighted by atomic mass is 10.1. The molecule has 2 heterocycles. The lowest BCUT2D eigenvalue weighted by molar-refractivity contribution is 0.00492. The van der Waals surface area contributed by atoms with Crippen LogP contribution in [0.25, 0.3) is 11.3 Å². The van der Waals surface area contributed by atoms with E-state index in [4.69, 9.17) is 4.74 Å². The van der Waals surface area contributed by atoms with Gasteiger partial charge in [0.15, 0.2) is 0 Å². The highest BCUT2D eigenvalue weighted by molar-refractivity contribution is 5.73. The van der Waals surface area contributed by atoms with Crippen molar-refractivity contribution in [2.75, 3.05) is 6.54 Å². The standard InChI is InChI=1S/C21H21FN4O2/c22-17-8-6-16(7-9-17)19-12-23-20-14-28-18(13-26(19)20)11-25-21(27)24-10-15-4-2-1-3-5-15/h1-9,12,18H,10-11,13-14H2,(H2,24,25,27). The Bertz CT molecular complexity index is 941. The number of nitrogens with zero attached hydrogens (tertiary/aromatic N) is 2. The van der Waals surface area contributed by atoms with Crippen LogP contribution in [0.2, 0.25) is 0 Å². The summed E-state index contributed by atoms with van der Waals surface area (Å²) in [6.07, 6.45) is 1.61. The average molecular weight is 380 g/mol. The number of carbonyl (C=O) groups is 1. The van der Waals surface area contributed by atoms with Gasteiger partial charge in [0.1, 0.15) is 18.2 Å². The fourth-order valence-corrected chi connectivity index (χ4v) is 3.20. The van der Waals surface area contributed by atoms with Gasteiger partial charge in [-0.25, -0.2) is 14.2 Å². The van der Waals surface area contributed by atoms with E-state index < -0.39 is 0 Å². The molecule has 1 unspecified atom stereocenters. The molecule has 0 spiro atoms. The van der Waals surface area contributed by atoms with E-state index >= 15 is 0 Å². The van der Waals surface area contributed by atoms with Crippen molar-refractivity contribution in [3.8, 4) is 11.3 Å². The Balaban J connectivity index is 1.33. The molecule has 7 heteroatoms. The fraction of sp³-hybridized carbons (Fsp3) is 0.238. The van der Waals surface area contributed by atoms with Gasteiger partial charge in [-0.2, -0.15) is 0 Å². The summed E-state index contributed by atoms with van der Waals surface area (Å²) in [6, 6.07) is 15.8. The van der Waals surface area contributed by atoms with Crippen LogP contribution >= 0.6 is 0 Å². The van der Waals surface area contributed by atoms with Crippen molar-refractivity contribution in [2.24, 2.45) is 0 Å². The molecule has 3 aromatic rings. The van der Waals surface area contributed by atoms with Crippen molar-refractivity contribution in [3.63, 3.8) is 0 Å². The van der Waals surface area contributed by atoms with Gasteiger partial charge in [-0.1, -0.05) is 30.3 Å². The fourth-order valence-electron chi connectivity index (χ4n) is 3.20. The second-order valence-electron chi connectivity index (χ2n) is 6.66. The van der Waals surface area contributed by atoms with Crippen molar-refractivity contribution in [1.82, 2.24) is 20.2 Å². The number of imidazole rings is 1. The van der Waals surface area contributed by atoms with Gasteiger partial charge in [-0.15, -0.1) is 0 Å². The minimum absolute atomic E-state index is 0.164. The monoisotopic (exact) mass is 380 g/mol. The molecule has 28 heavy (non-hydrogen) atoms. The van der Waals surface area contributed by atoms with E-state index in [-0.39, 0.29) is 18.0 Å². The summed E-state index contributed by atoms with van der Waals surface area (Å²) in [5.74, 6) is 0.554. The van der Waals surface area contributed by atoms with Crippen LogP contribution < -0.4 is 10.6 Å². The zero-order valence-corrected chi connectivity index (χ0v) is 15.3. The number of amides is 2. The number of hydrogen-bond donors (Lipinski definition) is 2. The normalized spacial score (nSPS) is 15.7. The number of ether oxygens (including phenoxy) is 1.